The van der Waals surface area contributed by atoms with Crippen LogP contribution in [0.3, 0.4) is 0 Å². The molecular weight excluding hydrogens is 246 g/mol. The molecular formula is C13H25N3O3. The molecule has 2 atom stereocenters. The summed E-state index contributed by atoms with van der Waals surface area (Å²) in [6, 6.07) is 0.526. The maximum Gasteiger partial charge on any atom is 0.325 e. The van der Waals surface area contributed by atoms with Crippen LogP contribution in [0.15, 0.2) is 0 Å². The Morgan fingerprint density at radius 2 is 2.26 bits per heavy atom. The molecule has 0 aromatic heterocycles. The van der Waals surface area contributed by atoms with Crippen LogP contribution in [0.1, 0.15) is 20.3 Å². The number of nitrogens with two attached hydrogens (primary N) is 1. The Hall–Kier alpha value is -0.690. The maximum absolute atomic E-state index is 11.1. The summed E-state index contributed by atoms with van der Waals surface area (Å²) in [7, 11) is 0. The zero-order valence-electron chi connectivity index (χ0n) is 11.8. The maximum atomic E-state index is 11.1. The number of carbonyl (C=O) groups is 1. The van der Waals surface area contributed by atoms with Crippen LogP contribution in [0.25, 0.3) is 0 Å². The topological polar surface area (TPSA) is 79.0 Å². The predicted molar refractivity (Wildman–Crippen MR) is 72.1 cm³/mol. The molecule has 6 nitrogen and oxygen atoms in total. The fourth-order valence-corrected chi connectivity index (χ4v) is 2.85. The molecule has 2 fully saturated rings. The summed E-state index contributed by atoms with van der Waals surface area (Å²) in [5.41, 5.74) is 4.80. The van der Waals surface area contributed by atoms with E-state index in [2.05, 4.69) is 23.6 Å². The first-order chi connectivity index (χ1) is 8.90. The third kappa shape index (κ3) is 3.45. The number of ether oxygens (including phenoxy) is 1. The summed E-state index contributed by atoms with van der Waals surface area (Å²) < 4.78 is 5.78. The van der Waals surface area contributed by atoms with Crippen molar-refractivity contribution in [2.24, 2.45) is 5.73 Å². The molecule has 3 N–H and O–H groups in total. The van der Waals surface area contributed by atoms with Gasteiger partial charge in [0.2, 0.25) is 0 Å². The van der Waals surface area contributed by atoms with Crippen LogP contribution in [-0.2, 0) is 9.53 Å². The van der Waals surface area contributed by atoms with E-state index in [1.807, 2.05) is 0 Å². The van der Waals surface area contributed by atoms with Gasteiger partial charge in [0.1, 0.15) is 5.54 Å². The van der Waals surface area contributed by atoms with Crippen molar-refractivity contribution in [1.29, 1.82) is 0 Å². The van der Waals surface area contributed by atoms with E-state index in [9.17, 15) is 4.79 Å². The van der Waals surface area contributed by atoms with E-state index < -0.39 is 11.5 Å². The highest BCUT2D eigenvalue weighted by Gasteiger charge is 2.42. The number of aliphatic carboxylic acids is 1. The van der Waals surface area contributed by atoms with Crippen molar-refractivity contribution < 1.29 is 14.6 Å². The molecule has 0 saturated carbocycles. The Morgan fingerprint density at radius 3 is 2.84 bits per heavy atom. The molecule has 0 bridgehead atoms. The van der Waals surface area contributed by atoms with Gasteiger partial charge in [-0.2, -0.15) is 0 Å². The molecule has 2 aliphatic rings. The van der Waals surface area contributed by atoms with Gasteiger partial charge in [0.05, 0.1) is 12.7 Å². The number of hydrogen-bond donors (Lipinski definition) is 2. The normalized spacial score (nSPS) is 34.0. The van der Waals surface area contributed by atoms with E-state index in [0.717, 1.165) is 32.8 Å². The van der Waals surface area contributed by atoms with Gasteiger partial charge in [-0.1, -0.05) is 0 Å². The van der Waals surface area contributed by atoms with Crippen molar-refractivity contribution in [2.45, 2.75) is 38.0 Å². The lowest BCUT2D eigenvalue weighted by Gasteiger charge is -2.37. The van der Waals surface area contributed by atoms with Crippen LogP contribution < -0.4 is 5.73 Å². The summed E-state index contributed by atoms with van der Waals surface area (Å²) in [4.78, 5) is 15.6. The summed E-state index contributed by atoms with van der Waals surface area (Å²) in [5.74, 6) is -0.900. The fraction of sp³-hybridized carbons (Fsp3) is 0.923. The average molecular weight is 271 g/mol. The van der Waals surface area contributed by atoms with Crippen LogP contribution in [0.4, 0.5) is 0 Å². The van der Waals surface area contributed by atoms with Crippen LogP contribution in [0.5, 0.6) is 0 Å². The molecule has 19 heavy (non-hydrogen) atoms. The first-order valence-electron chi connectivity index (χ1n) is 7.01. The Morgan fingerprint density at radius 1 is 1.53 bits per heavy atom. The van der Waals surface area contributed by atoms with Gasteiger partial charge in [0.15, 0.2) is 0 Å². The smallest absolute Gasteiger partial charge is 0.325 e. The molecule has 0 amide bonds. The minimum Gasteiger partial charge on any atom is -0.480 e. The number of morpholine rings is 1. The third-order valence-electron chi connectivity index (χ3n) is 4.17. The molecule has 6 heteroatoms. The predicted octanol–water partition coefficient (Wildman–Crippen LogP) is -0.417. The van der Waals surface area contributed by atoms with E-state index in [-0.39, 0.29) is 6.10 Å². The zero-order valence-corrected chi connectivity index (χ0v) is 11.8. The number of likely N-dealkylation sites (tertiary alicyclic amines) is 1. The Labute approximate surface area is 114 Å². The van der Waals surface area contributed by atoms with Crippen molar-refractivity contribution >= 4 is 5.97 Å². The van der Waals surface area contributed by atoms with Crippen LogP contribution in [0, 0.1) is 0 Å². The van der Waals surface area contributed by atoms with Crippen LogP contribution in [0.2, 0.25) is 0 Å². The Balaban J connectivity index is 1.84. The van der Waals surface area contributed by atoms with E-state index in [1.165, 1.54) is 0 Å². The molecule has 0 radical (unpaired) electrons. The number of nitrogens with zero attached hydrogens (tertiary/aromatic N) is 2. The van der Waals surface area contributed by atoms with Gasteiger partial charge >= 0.3 is 5.97 Å². The lowest BCUT2D eigenvalue weighted by atomic mass is 10.0. The van der Waals surface area contributed by atoms with Gasteiger partial charge in [-0.25, -0.2) is 0 Å². The number of hydrogen-bond acceptors (Lipinski definition) is 5. The average Bonchev–Trinajstić information content (AvgIpc) is 2.72. The van der Waals surface area contributed by atoms with Gasteiger partial charge in [-0.15, -0.1) is 0 Å². The molecule has 110 valence electrons. The van der Waals surface area contributed by atoms with E-state index >= 15 is 0 Å². The Kier molecular flexibility index (Phi) is 4.45. The summed E-state index contributed by atoms with van der Waals surface area (Å²) in [5, 5.41) is 9.12. The summed E-state index contributed by atoms with van der Waals surface area (Å²) >= 11 is 0. The molecule has 2 rings (SSSR count). The largest absolute Gasteiger partial charge is 0.480 e. The highest BCUT2D eigenvalue weighted by Crippen LogP contribution is 2.20. The Bertz CT molecular complexity index is 337. The first-order valence-corrected chi connectivity index (χ1v) is 7.01. The second-order valence-electron chi connectivity index (χ2n) is 6.03. The zero-order chi connectivity index (χ0) is 14.0. The summed E-state index contributed by atoms with van der Waals surface area (Å²) in [6.45, 7) is 8.96. The van der Waals surface area contributed by atoms with Crippen molar-refractivity contribution in [1.82, 2.24) is 9.80 Å². The second kappa shape index (κ2) is 5.75. The van der Waals surface area contributed by atoms with Crippen LogP contribution >= 0.6 is 0 Å². The fourth-order valence-electron chi connectivity index (χ4n) is 2.85. The van der Waals surface area contributed by atoms with E-state index in [4.69, 9.17) is 15.6 Å². The SMILES string of the molecule is CC(C)N1CCOC(CN2CCC(N)(C(=O)O)C2)C1. The molecule has 0 aliphatic carbocycles. The highest BCUT2D eigenvalue weighted by atomic mass is 16.5. The lowest BCUT2D eigenvalue weighted by molar-refractivity contribution is -0.142. The van der Waals surface area contributed by atoms with Gasteiger partial charge in [-0.05, 0) is 20.3 Å². The monoisotopic (exact) mass is 271 g/mol. The van der Waals surface area contributed by atoms with E-state index in [0.29, 0.717) is 19.0 Å². The quantitative estimate of drug-likeness (QED) is 0.723. The van der Waals surface area contributed by atoms with Gasteiger partial charge in [0, 0.05) is 38.8 Å². The first kappa shape index (κ1) is 14.7. The number of carboxylic acid groups (broad SMARTS) is 1. The second-order valence-corrected chi connectivity index (χ2v) is 6.03. The molecule has 2 heterocycles. The minimum absolute atomic E-state index is 0.160. The van der Waals surface area contributed by atoms with Gasteiger partial charge in [0.25, 0.3) is 0 Å². The molecule has 0 aromatic rings. The molecule has 0 aromatic carbocycles. The van der Waals surface area contributed by atoms with Gasteiger partial charge < -0.3 is 15.6 Å². The van der Waals surface area contributed by atoms with Crippen molar-refractivity contribution in [3.63, 3.8) is 0 Å². The number of carboxylic acids is 1. The highest BCUT2D eigenvalue weighted by molar-refractivity contribution is 5.79. The molecule has 2 aliphatic heterocycles. The van der Waals surface area contributed by atoms with Crippen molar-refractivity contribution in [3.05, 3.63) is 0 Å². The van der Waals surface area contributed by atoms with Crippen LogP contribution in [-0.4, -0.2) is 77.9 Å². The number of rotatable bonds is 4. The standard InChI is InChI=1S/C13H25N3O3/c1-10(2)16-5-6-19-11(8-16)7-15-4-3-13(14,9-15)12(17)18/h10-11H,3-9,14H2,1-2H3,(H,17,18). The third-order valence-corrected chi connectivity index (χ3v) is 4.17. The summed E-state index contributed by atoms with van der Waals surface area (Å²) in [6.07, 6.45) is 0.676. The van der Waals surface area contributed by atoms with E-state index in [1.54, 1.807) is 0 Å². The van der Waals surface area contributed by atoms with Crippen molar-refractivity contribution in [3.8, 4) is 0 Å². The molecule has 2 unspecified atom stereocenters. The van der Waals surface area contributed by atoms with Gasteiger partial charge in [-0.3, -0.25) is 14.6 Å². The minimum atomic E-state index is -1.08. The molecule has 0 spiro atoms. The molecule has 2 saturated heterocycles. The lowest BCUT2D eigenvalue weighted by Crippen LogP contribution is -2.52. The van der Waals surface area contributed by atoms with Crippen molar-refractivity contribution in [2.75, 3.05) is 39.3 Å².